The number of fused-ring (bicyclic) bond motifs is 2. The average molecular weight is 467 g/mol. The Balaban J connectivity index is 1.60. The van der Waals surface area contributed by atoms with Crippen LogP contribution in [0, 0.1) is 11.3 Å². The van der Waals surface area contributed by atoms with Gasteiger partial charge in [-0.05, 0) is 67.1 Å². The van der Waals surface area contributed by atoms with E-state index in [1.54, 1.807) is 6.20 Å². The maximum atomic E-state index is 13.8. The smallest absolute Gasteiger partial charge is 0.354 e. The highest BCUT2D eigenvalue weighted by molar-refractivity contribution is 5.92. The monoisotopic (exact) mass is 466 g/mol. The number of pyridine rings is 1. The van der Waals surface area contributed by atoms with Crippen molar-refractivity contribution in [3.8, 4) is 17.3 Å². The standard InChI is InChI=1S/C25H25F3N6/c1-15(2)22-19-11-17(16-5-8-33(9-6-16)10-7-29)3-4-21(19)32-23(22)18-12-20(25(26,27)28)24-30-14-31-34(24)13-18/h3-4,11-16,32H,5-6,8-10H2,1-2H3. The van der Waals surface area contributed by atoms with Gasteiger partial charge in [-0.2, -0.15) is 23.5 Å². The molecule has 5 rings (SSSR count). The molecule has 0 unspecified atom stereocenters. The topological polar surface area (TPSA) is 73.0 Å². The summed E-state index contributed by atoms with van der Waals surface area (Å²) in [6.07, 6.45) is 0.164. The summed E-state index contributed by atoms with van der Waals surface area (Å²) < 4.78 is 42.5. The molecule has 4 heterocycles. The first-order chi connectivity index (χ1) is 16.3. The molecule has 0 saturated carbocycles. The lowest BCUT2D eigenvalue weighted by Crippen LogP contribution is -2.33. The molecule has 0 spiro atoms. The van der Waals surface area contributed by atoms with Crippen molar-refractivity contribution in [2.45, 2.75) is 44.7 Å². The predicted octanol–water partition coefficient (Wildman–Crippen LogP) is 5.72. The van der Waals surface area contributed by atoms with E-state index in [4.69, 9.17) is 5.26 Å². The van der Waals surface area contributed by atoms with Crippen LogP contribution in [-0.2, 0) is 6.18 Å². The van der Waals surface area contributed by atoms with Crippen LogP contribution in [-0.4, -0.2) is 44.1 Å². The minimum absolute atomic E-state index is 0.0947. The number of halogens is 3. The first-order valence-corrected chi connectivity index (χ1v) is 11.4. The molecular weight excluding hydrogens is 441 g/mol. The summed E-state index contributed by atoms with van der Waals surface area (Å²) in [5, 5.41) is 13.9. The van der Waals surface area contributed by atoms with E-state index in [0.717, 1.165) is 54.8 Å². The number of hydrogen-bond acceptors (Lipinski definition) is 4. The molecule has 3 aromatic heterocycles. The maximum absolute atomic E-state index is 13.8. The third kappa shape index (κ3) is 3.92. The van der Waals surface area contributed by atoms with E-state index in [0.29, 0.717) is 23.7 Å². The van der Waals surface area contributed by atoms with E-state index >= 15 is 0 Å². The molecule has 1 aliphatic heterocycles. The highest BCUT2D eigenvalue weighted by Crippen LogP contribution is 2.40. The number of H-pyrrole nitrogens is 1. The number of aromatic amines is 1. The minimum Gasteiger partial charge on any atom is -0.354 e. The largest absolute Gasteiger partial charge is 0.420 e. The molecule has 34 heavy (non-hydrogen) atoms. The van der Waals surface area contributed by atoms with E-state index in [1.165, 1.54) is 10.1 Å². The summed E-state index contributed by atoms with van der Waals surface area (Å²) in [6, 6.07) is 9.70. The van der Waals surface area contributed by atoms with Crippen LogP contribution in [0.1, 0.15) is 55.2 Å². The highest BCUT2D eigenvalue weighted by atomic mass is 19.4. The van der Waals surface area contributed by atoms with Gasteiger partial charge in [0.05, 0.1) is 18.3 Å². The molecule has 176 valence electrons. The summed E-state index contributed by atoms with van der Waals surface area (Å²) >= 11 is 0. The van der Waals surface area contributed by atoms with Crippen LogP contribution in [0.4, 0.5) is 13.2 Å². The third-order valence-corrected chi connectivity index (χ3v) is 6.76. The van der Waals surface area contributed by atoms with Gasteiger partial charge in [0, 0.05) is 22.7 Å². The number of rotatable bonds is 4. The van der Waals surface area contributed by atoms with Crippen LogP contribution < -0.4 is 0 Å². The van der Waals surface area contributed by atoms with Gasteiger partial charge in [0.1, 0.15) is 11.9 Å². The lowest BCUT2D eigenvalue weighted by atomic mass is 9.87. The summed E-state index contributed by atoms with van der Waals surface area (Å²) in [6.45, 7) is 6.35. The number of benzene rings is 1. The van der Waals surface area contributed by atoms with Gasteiger partial charge in [-0.1, -0.05) is 19.9 Å². The van der Waals surface area contributed by atoms with Crippen LogP contribution in [0.25, 0.3) is 27.8 Å². The molecule has 1 aromatic carbocycles. The molecular formula is C25H25F3N6. The van der Waals surface area contributed by atoms with Crippen LogP contribution >= 0.6 is 0 Å². The second-order valence-corrected chi connectivity index (χ2v) is 9.25. The van der Waals surface area contributed by atoms with Crippen molar-refractivity contribution in [3.63, 3.8) is 0 Å². The zero-order valence-corrected chi connectivity index (χ0v) is 19.0. The summed E-state index contributed by atoms with van der Waals surface area (Å²) in [5.74, 6) is 0.498. The zero-order chi connectivity index (χ0) is 24.0. The zero-order valence-electron chi connectivity index (χ0n) is 19.0. The highest BCUT2D eigenvalue weighted by Gasteiger charge is 2.35. The van der Waals surface area contributed by atoms with Crippen molar-refractivity contribution < 1.29 is 13.2 Å². The third-order valence-electron chi connectivity index (χ3n) is 6.76. The Morgan fingerprint density at radius 1 is 1.21 bits per heavy atom. The number of nitrogens with zero attached hydrogens (tertiary/aromatic N) is 5. The molecule has 0 radical (unpaired) electrons. The number of nitriles is 1. The Hall–Kier alpha value is -3.38. The summed E-state index contributed by atoms with van der Waals surface area (Å²) in [5.41, 5.74) is 3.22. The van der Waals surface area contributed by atoms with Crippen LogP contribution in [0.15, 0.2) is 36.8 Å². The van der Waals surface area contributed by atoms with Gasteiger partial charge < -0.3 is 4.98 Å². The van der Waals surface area contributed by atoms with Gasteiger partial charge in [0.15, 0.2) is 5.65 Å². The van der Waals surface area contributed by atoms with Gasteiger partial charge in [-0.3, -0.25) is 4.90 Å². The second-order valence-electron chi connectivity index (χ2n) is 9.25. The minimum atomic E-state index is -4.54. The SMILES string of the molecule is CC(C)c1c(-c2cc(C(F)(F)F)c3ncnn3c2)[nH]c2ccc(C3CCN(CC#N)CC3)cc12. The number of likely N-dealkylation sites (tertiary alicyclic amines) is 1. The number of piperidine rings is 1. The maximum Gasteiger partial charge on any atom is 0.420 e. The van der Waals surface area contributed by atoms with Gasteiger partial charge in [0.25, 0.3) is 0 Å². The number of hydrogen-bond donors (Lipinski definition) is 1. The van der Waals surface area contributed by atoms with E-state index < -0.39 is 11.7 Å². The van der Waals surface area contributed by atoms with Crippen LogP contribution in [0.5, 0.6) is 0 Å². The van der Waals surface area contributed by atoms with Crippen molar-refractivity contribution in [2.24, 2.45) is 0 Å². The van der Waals surface area contributed by atoms with E-state index in [1.807, 2.05) is 6.07 Å². The van der Waals surface area contributed by atoms with Crippen molar-refractivity contribution in [2.75, 3.05) is 19.6 Å². The fourth-order valence-electron chi connectivity index (χ4n) is 5.11. The van der Waals surface area contributed by atoms with E-state index in [2.05, 4.69) is 52.0 Å². The van der Waals surface area contributed by atoms with Crippen molar-refractivity contribution in [3.05, 3.63) is 53.5 Å². The van der Waals surface area contributed by atoms with Crippen molar-refractivity contribution >= 4 is 16.6 Å². The molecule has 1 N–H and O–H groups in total. The molecule has 1 aliphatic rings. The first kappa shape index (κ1) is 22.4. The molecule has 1 fully saturated rings. The summed E-state index contributed by atoms with van der Waals surface area (Å²) in [4.78, 5) is 9.35. The Kier molecular flexibility index (Phi) is 5.56. The summed E-state index contributed by atoms with van der Waals surface area (Å²) in [7, 11) is 0. The molecule has 9 heteroatoms. The number of nitrogens with one attached hydrogen (secondary N) is 1. The Morgan fingerprint density at radius 3 is 2.65 bits per heavy atom. The Morgan fingerprint density at radius 2 is 1.97 bits per heavy atom. The fraction of sp³-hybridized carbons (Fsp3) is 0.400. The number of alkyl halides is 3. The number of aromatic nitrogens is 4. The predicted molar refractivity (Wildman–Crippen MR) is 123 cm³/mol. The molecule has 1 saturated heterocycles. The van der Waals surface area contributed by atoms with Gasteiger partial charge in [0.2, 0.25) is 0 Å². The lowest BCUT2D eigenvalue weighted by Gasteiger charge is -2.30. The van der Waals surface area contributed by atoms with Crippen LogP contribution in [0.3, 0.4) is 0 Å². The molecule has 0 atom stereocenters. The van der Waals surface area contributed by atoms with Gasteiger partial charge in [-0.25, -0.2) is 9.50 Å². The van der Waals surface area contributed by atoms with Gasteiger partial charge in [-0.15, -0.1) is 0 Å². The molecule has 0 bridgehead atoms. The molecule has 6 nitrogen and oxygen atoms in total. The van der Waals surface area contributed by atoms with Crippen molar-refractivity contribution in [1.82, 2.24) is 24.5 Å². The van der Waals surface area contributed by atoms with Crippen LogP contribution in [0.2, 0.25) is 0 Å². The first-order valence-electron chi connectivity index (χ1n) is 11.4. The molecule has 0 amide bonds. The Labute approximate surface area is 195 Å². The molecule has 4 aromatic rings. The lowest BCUT2D eigenvalue weighted by molar-refractivity contribution is -0.136. The molecule has 0 aliphatic carbocycles. The normalized spacial score (nSPS) is 16.0. The quantitative estimate of drug-likeness (QED) is 0.390. The second kappa shape index (κ2) is 8.44. The van der Waals surface area contributed by atoms with Gasteiger partial charge >= 0.3 is 6.18 Å². The van der Waals surface area contributed by atoms with E-state index in [-0.39, 0.29) is 11.6 Å². The van der Waals surface area contributed by atoms with E-state index in [9.17, 15) is 13.2 Å². The fourth-order valence-corrected chi connectivity index (χ4v) is 5.11. The van der Waals surface area contributed by atoms with Crippen molar-refractivity contribution in [1.29, 1.82) is 5.26 Å². The average Bonchev–Trinajstić information content (AvgIpc) is 3.42. The Bertz CT molecular complexity index is 1380.